The van der Waals surface area contributed by atoms with Crippen molar-refractivity contribution in [2.75, 3.05) is 25.4 Å². The van der Waals surface area contributed by atoms with Gasteiger partial charge in [0, 0.05) is 25.4 Å². The Bertz CT molecular complexity index is 537. The largest absolute Gasteiger partial charge is 0.398 e. The molecule has 0 spiro atoms. The number of benzene rings is 1. The van der Waals surface area contributed by atoms with Crippen LogP contribution in [0.3, 0.4) is 0 Å². The standard InChI is InChI=1S/C14H22N2O3S/c1-2-19-13-7-9-16(10-8-13)20(17,18)11-12-5-3-4-6-14(12)15/h3-6,13H,2,7-11,15H2,1H3. The highest BCUT2D eigenvalue weighted by Crippen LogP contribution is 2.21. The van der Waals surface area contributed by atoms with Crippen molar-refractivity contribution in [3.8, 4) is 0 Å². The van der Waals surface area contributed by atoms with Crippen molar-refractivity contribution in [1.29, 1.82) is 0 Å². The van der Waals surface area contributed by atoms with Gasteiger partial charge in [-0.05, 0) is 31.4 Å². The predicted molar refractivity (Wildman–Crippen MR) is 79.7 cm³/mol. The molecule has 6 heteroatoms. The molecule has 1 fully saturated rings. The first kappa shape index (κ1) is 15.3. The van der Waals surface area contributed by atoms with Crippen molar-refractivity contribution in [3.05, 3.63) is 29.8 Å². The maximum Gasteiger partial charge on any atom is 0.218 e. The minimum atomic E-state index is -3.30. The highest BCUT2D eigenvalue weighted by Gasteiger charge is 2.28. The lowest BCUT2D eigenvalue weighted by atomic mass is 10.1. The summed E-state index contributed by atoms with van der Waals surface area (Å²) in [6.45, 7) is 3.69. The normalized spacial score (nSPS) is 18.2. The fourth-order valence-corrected chi connectivity index (χ4v) is 4.07. The topological polar surface area (TPSA) is 72.6 Å². The van der Waals surface area contributed by atoms with Gasteiger partial charge < -0.3 is 10.5 Å². The molecule has 0 radical (unpaired) electrons. The monoisotopic (exact) mass is 298 g/mol. The molecule has 5 nitrogen and oxygen atoms in total. The van der Waals surface area contributed by atoms with Crippen LogP contribution in [0, 0.1) is 0 Å². The van der Waals surface area contributed by atoms with Crippen molar-refractivity contribution < 1.29 is 13.2 Å². The quantitative estimate of drug-likeness (QED) is 0.838. The number of hydrogen-bond donors (Lipinski definition) is 1. The summed E-state index contributed by atoms with van der Waals surface area (Å²) in [7, 11) is -3.30. The number of ether oxygens (including phenoxy) is 1. The molecule has 0 aliphatic carbocycles. The molecule has 1 saturated heterocycles. The number of nitrogens with zero attached hydrogens (tertiary/aromatic N) is 1. The van der Waals surface area contributed by atoms with Crippen molar-refractivity contribution in [2.45, 2.75) is 31.6 Å². The van der Waals surface area contributed by atoms with Gasteiger partial charge in [0.2, 0.25) is 10.0 Å². The van der Waals surface area contributed by atoms with Crippen LogP contribution >= 0.6 is 0 Å². The average Bonchev–Trinajstić information content (AvgIpc) is 2.42. The second-order valence-electron chi connectivity index (χ2n) is 5.01. The van der Waals surface area contributed by atoms with Gasteiger partial charge in [0.15, 0.2) is 0 Å². The molecule has 0 unspecified atom stereocenters. The lowest BCUT2D eigenvalue weighted by molar-refractivity contribution is 0.0290. The van der Waals surface area contributed by atoms with Gasteiger partial charge in [-0.15, -0.1) is 0 Å². The van der Waals surface area contributed by atoms with E-state index < -0.39 is 10.0 Å². The Balaban J connectivity index is 2.00. The molecule has 1 aromatic rings. The van der Waals surface area contributed by atoms with Crippen LogP contribution in [0.5, 0.6) is 0 Å². The molecule has 2 N–H and O–H groups in total. The summed E-state index contributed by atoms with van der Waals surface area (Å²) in [5, 5.41) is 0. The Morgan fingerprint density at radius 3 is 2.55 bits per heavy atom. The molecular weight excluding hydrogens is 276 g/mol. The first-order chi connectivity index (χ1) is 9.53. The number of nitrogen functional groups attached to an aromatic ring is 1. The Morgan fingerprint density at radius 1 is 1.30 bits per heavy atom. The van der Waals surface area contributed by atoms with Gasteiger partial charge in [-0.1, -0.05) is 18.2 Å². The minimum absolute atomic E-state index is 0.0288. The van der Waals surface area contributed by atoms with Crippen LogP contribution in [0.15, 0.2) is 24.3 Å². The van der Waals surface area contributed by atoms with Gasteiger partial charge in [0.1, 0.15) is 0 Å². The number of anilines is 1. The Kier molecular flexibility index (Phi) is 5.01. The molecule has 0 aromatic heterocycles. The minimum Gasteiger partial charge on any atom is -0.398 e. The van der Waals surface area contributed by atoms with Crippen LogP contribution < -0.4 is 5.73 Å². The van der Waals surface area contributed by atoms with E-state index in [9.17, 15) is 8.42 Å². The Labute approximate surface area is 120 Å². The van der Waals surface area contributed by atoms with Crippen LogP contribution in [0.1, 0.15) is 25.3 Å². The van der Waals surface area contributed by atoms with E-state index >= 15 is 0 Å². The van der Waals surface area contributed by atoms with Crippen LogP contribution in [0.2, 0.25) is 0 Å². The van der Waals surface area contributed by atoms with Gasteiger partial charge in [-0.2, -0.15) is 0 Å². The molecule has 0 atom stereocenters. The SMILES string of the molecule is CCOC1CCN(S(=O)(=O)Cc2ccccc2N)CC1. The van der Waals surface area contributed by atoms with E-state index in [4.69, 9.17) is 10.5 Å². The van der Waals surface area contributed by atoms with E-state index in [0.29, 0.717) is 30.9 Å². The second-order valence-corrected chi connectivity index (χ2v) is 6.98. The Morgan fingerprint density at radius 2 is 1.95 bits per heavy atom. The molecule has 1 aliphatic rings. The van der Waals surface area contributed by atoms with Crippen LogP contribution in [0.4, 0.5) is 5.69 Å². The lowest BCUT2D eigenvalue weighted by Gasteiger charge is -2.31. The lowest BCUT2D eigenvalue weighted by Crippen LogP contribution is -2.41. The maximum atomic E-state index is 12.4. The highest BCUT2D eigenvalue weighted by molar-refractivity contribution is 7.88. The number of nitrogens with two attached hydrogens (primary N) is 1. The van der Waals surface area contributed by atoms with Crippen LogP contribution in [-0.4, -0.2) is 38.5 Å². The summed E-state index contributed by atoms with van der Waals surface area (Å²) in [4.78, 5) is 0. The zero-order chi connectivity index (χ0) is 14.6. The molecule has 20 heavy (non-hydrogen) atoms. The fourth-order valence-electron chi connectivity index (χ4n) is 2.47. The van der Waals surface area contributed by atoms with E-state index in [-0.39, 0.29) is 11.9 Å². The summed E-state index contributed by atoms with van der Waals surface area (Å²) < 4.78 is 31.9. The van der Waals surface area contributed by atoms with Gasteiger partial charge in [0.05, 0.1) is 11.9 Å². The number of para-hydroxylation sites is 1. The summed E-state index contributed by atoms with van der Waals surface area (Å²) in [6.07, 6.45) is 1.71. The Hall–Kier alpha value is -1.11. The van der Waals surface area contributed by atoms with E-state index in [1.807, 2.05) is 13.0 Å². The third-order valence-electron chi connectivity index (χ3n) is 3.59. The maximum absolute atomic E-state index is 12.4. The molecule has 0 bridgehead atoms. The van der Waals surface area contributed by atoms with Gasteiger partial charge >= 0.3 is 0 Å². The average molecular weight is 298 g/mol. The van der Waals surface area contributed by atoms with Crippen molar-refractivity contribution in [2.24, 2.45) is 0 Å². The zero-order valence-electron chi connectivity index (χ0n) is 11.8. The molecule has 1 aliphatic heterocycles. The van der Waals surface area contributed by atoms with Crippen LogP contribution in [0.25, 0.3) is 0 Å². The van der Waals surface area contributed by atoms with E-state index in [2.05, 4.69) is 0 Å². The van der Waals surface area contributed by atoms with E-state index in [1.165, 1.54) is 0 Å². The summed E-state index contributed by atoms with van der Waals surface area (Å²) in [5.41, 5.74) is 7.01. The number of piperidine rings is 1. The number of rotatable bonds is 5. The number of sulfonamides is 1. The zero-order valence-corrected chi connectivity index (χ0v) is 12.6. The molecular formula is C14H22N2O3S. The van der Waals surface area contributed by atoms with Gasteiger partial charge in [-0.25, -0.2) is 12.7 Å². The predicted octanol–water partition coefficient (Wildman–Crippen LogP) is 1.60. The molecule has 0 amide bonds. The van der Waals surface area contributed by atoms with Crippen molar-refractivity contribution in [1.82, 2.24) is 4.31 Å². The second kappa shape index (κ2) is 6.56. The first-order valence-corrected chi connectivity index (χ1v) is 8.56. The summed E-state index contributed by atoms with van der Waals surface area (Å²) in [6, 6.07) is 7.10. The molecule has 112 valence electrons. The van der Waals surface area contributed by atoms with Crippen LogP contribution in [-0.2, 0) is 20.5 Å². The van der Waals surface area contributed by atoms with E-state index in [1.54, 1.807) is 22.5 Å². The summed E-state index contributed by atoms with van der Waals surface area (Å²) in [5.74, 6) is -0.0288. The fraction of sp³-hybridized carbons (Fsp3) is 0.571. The highest BCUT2D eigenvalue weighted by atomic mass is 32.2. The molecule has 0 saturated carbocycles. The van der Waals surface area contributed by atoms with Crippen molar-refractivity contribution >= 4 is 15.7 Å². The first-order valence-electron chi connectivity index (χ1n) is 6.95. The van der Waals surface area contributed by atoms with Crippen molar-refractivity contribution in [3.63, 3.8) is 0 Å². The molecule has 1 heterocycles. The van der Waals surface area contributed by atoms with E-state index in [0.717, 1.165) is 12.8 Å². The van der Waals surface area contributed by atoms with Gasteiger partial charge in [0.25, 0.3) is 0 Å². The third kappa shape index (κ3) is 3.71. The number of hydrogen-bond acceptors (Lipinski definition) is 4. The summed E-state index contributed by atoms with van der Waals surface area (Å²) >= 11 is 0. The molecule has 2 rings (SSSR count). The third-order valence-corrected chi connectivity index (χ3v) is 5.42. The van der Waals surface area contributed by atoms with Gasteiger partial charge in [-0.3, -0.25) is 0 Å². The molecule has 1 aromatic carbocycles. The smallest absolute Gasteiger partial charge is 0.218 e.